The normalized spacial score (nSPS) is 10.1. The van der Waals surface area contributed by atoms with E-state index in [2.05, 4.69) is 10.6 Å². The Morgan fingerprint density at radius 3 is 2.58 bits per heavy atom. The summed E-state index contributed by atoms with van der Waals surface area (Å²) >= 11 is 5.82. The van der Waals surface area contributed by atoms with Crippen LogP contribution in [0.1, 0.15) is 5.56 Å². The van der Waals surface area contributed by atoms with E-state index < -0.39 is 11.8 Å². The fourth-order valence-corrected chi connectivity index (χ4v) is 1.83. The summed E-state index contributed by atoms with van der Waals surface area (Å²) in [6.07, 6.45) is 0. The van der Waals surface area contributed by atoms with E-state index in [1.807, 2.05) is 25.1 Å². The molecular formula is C14H12ClFN2O. The number of hydrogen-bond donors (Lipinski definition) is 2. The zero-order chi connectivity index (χ0) is 13.8. The van der Waals surface area contributed by atoms with Crippen LogP contribution in [0.3, 0.4) is 0 Å². The Balaban J connectivity index is 2.10. The lowest BCUT2D eigenvalue weighted by atomic mass is 10.2. The number of carbonyl (C=O) groups excluding carboxylic acids is 1. The smallest absolute Gasteiger partial charge is 0.308 e. The molecule has 0 bridgehead atoms. The molecule has 0 saturated carbocycles. The third-order valence-electron chi connectivity index (χ3n) is 2.48. The lowest BCUT2D eigenvalue weighted by molar-refractivity contribution is 0.262. The average molecular weight is 279 g/mol. The molecule has 0 saturated heterocycles. The maximum absolute atomic E-state index is 13.5. The number of benzene rings is 2. The zero-order valence-electron chi connectivity index (χ0n) is 10.2. The van der Waals surface area contributed by atoms with Gasteiger partial charge in [0.05, 0.1) is 10.7 Å². The van der Waals surface area contributed by atoms with E-state index in [0.29, 0.717) is 5.69 Å². The molecule has 0 fully saturated rings. The summed E-state index contributed by atoms with van der Waals surface area (Å²) in [5.41, 5.74) is 1.61. The molecule has 0 unspecified atom stereocenters. The predicted molar refractivity (Wildman–Crippen MR) is 75.2 cm³/mol. The van der Waals surface area contributed by atoms with Crippen LogP contribution >= 0.6 is 11.6 Å². The molecule has 98 valence electrons. The Hall–Kier alpha value is -2.07. The number of anilines is 2. The van der Waals surface area contributed by atoms with Crippen molar-refractivity contribution in [2.75, 3.05) is 10.6 Å². The van der Waals surface area contributed by atoms with Crippen LogP contribution in [0.2, 0.25) is 5.02 Å². The highest BCUT2D eigenvalue weighted by Gasteiger charge is 2.10. The first-order chi connectivity index (χ1) is 9.06. The fraction of sp³-hybridized carbons (Fsp3) is 0.0714. The van der Waals surface area contributed by atoms with E-state index in [4.69, 9.17) is 11.6 Å². The van der Waals surface area contributed by atoms with Crippen molar-refractivity contribution in [3.05, 3.63) is 58.9 Å². The molecule has 2 aromatic carbocycles. The van der Waals surface area contributed by atoms with Gasteiger partial charge in [0.15, 0.2) is 0 Å². The van der Waals surface area contributed by atoms with Gasteiger partial charge in [-0.2, -0.15) is 0 Å². The van der Waals surface area contributed by atoms with E-state index in [0.717, 1.165) is 5.56 Å². The molecule has 5 heteroatoms. The molecule has 0 aliphatic carbocycles. The van der Waals surface area contributed by atoms with Gasteiger partial charge in [0.2, 0.25) is 0 Å². The Kier molecular flexibility index (Phi) is 4.02. The first-order valence-corrected chi connectivity index (χ1v) is 6.03. The topological polar surface area (TPSA) is 41.1 Å². The summed E-state index contributed by atoms with van der Waals surface area (Å²) in [6, 6.07) is 11.0. The molecule has 2 rings (SSSR count). The van der Waals surface area contributed by atoms with E-state index in [9.17, 15) is 9.18 Å². The molecule has 2 amide bonds. The third kappa shape index (κ3) is 3.45. The molecule has 0 spiro atoms. The van der Waals surface area contributed by atoms with Crippen molar-refractivity contribution in [2.45, 2.75) is 6.92 Å². The van der Waals surface area contributed by atoms with Crippen LogP contribution < -0.4 is 10.6 Å². The average Bonchev–Trinajstić information content (AvgIpc) is 2.34. The number of rotatable bonds is 2. The van der Waals surface area contributed by atoms with Crippen molar-refractivity contribution in [1.29, 1.82) is 0 Å². The quantitative estimate of drug-likeness (QED) is 0.838. The molecule has 0 atom stereocenters. The fourth-order valence-electron chi connectivity index (χ4n) is 1.62. The number of urea groups is 1. The second kappa shape index (κ2) is 5.71. The number of carbonyl (C=O) groups is 1. The highest BCUT2D eigenvalue weighted by atomic mass is 35.5. The lowest BCUT2D eigenvalue weighted by Gasteiger charge is -2.10. The summed E-state index contributed by atoms with van der Waals surface area (Å²) in [7, 11) is 0. The van der Waals surface area contributed by atoms with Crippen molar-refractivity contribution in [2.24, 2.45) is 0 Å². The molecule has 2 N–H and O–H groups in total. The van der Waals surface area contributed by atoms with Crippen molar-refractivity contribution in [3.8, 4) is 0 Å². The minimum absolute atomic E-state index is 0.0330. The summed E-state index contributed by atoms with van der Waals surface area (Å²) in [6.45, 7) is 1.91. The molecular weight excluding hydrogens is 267 g/mol. The molecule has 0 aliphatic heterocycles. The van der Waals surface area contributed by atoms with Gasteiger partial charge in [-0.3, -0.25) is 0 Å². The number of para-hydroxylation sites is 1. The highest BCUT2D eigenvalue weighted by Crippen LogP contribution is 2.24. The number of halogens is 2. The van der Waals surface area contributed by atoms with Crippen LogP contribution in [-0.4, -0.2) is 6.03 Å². The van der Waals surface area contributed by atoms with E-state index in [-0.39, 0.29) is 10.7 Å². The summed E-state index contributed by atoms with van der Waals surface area (Å²) in [5, 5.41) is 5.15. The van der Waals surface area contributed by atoms with Crippen molar-refractivity contribution >= 4 is 29.0 Å². The summed E-state index contributed by atoms with van der Waals surface area (Å²) in [4.78, 5) is 11.8. The molecule has 0 aromatic heterocycles. The van der Waals surface area contributed by atoms with Crippen LogP contribution in [-0.2, 0) is 0 Å². The van der Waals surface area contributed by atoms with Crippen LogP contribution in [0.15, 0.2) is 42.5 Å². The number of hydrogen-bond acceptors (Lipinski definition) is 1. The maximum atomic E-state index is 13.5. The molecule has 0 aliphatic rings. The minimum Gasteiger partial charge on any atom is -0.308 e. The van der Waals surface area contributed by atoms with Gasteiger partial charge in [-0.15, -0.1) is 0 Å². The van der Waals surface area contributed by atoms with Gasteiger partial charge in [0.1, 0.15) is 5.82 Å². The van der Waals surface area contributed by atoms with Crippen molar-refractivity contribution in [3.63, 3.8) is 0 Å². The van der Waals surface area contributed by atoms with Gasteiger partial charge in [-0.05, 0) is 36.8 Å². The Morgan fingerprint density at radius 1 is 1.16 bits per heavy atom. The maximum Gasteiger partial charge on any atom is 0.323 e. The minimum atomic E-state index is -0.577. The van der Waals surface area contributed by atoms with Gasteiger partial charge >= 0.3 is 6.03 Å². The molecule has 19 heavy (non-hydrogen) atoms. The summed E-state index contributed by atoms with van der Waals surface area (Å²) in [5.74, 6) is -0.577. The Morgan fingerprint density at radius 2 is 1.89 bits per heavy atom. The van der Waals surface area contributed by atoms with Crippen molar-refractivity contribution in [1.82, 2.24) is 0 Å². The molecule has 0 heterocycles. The SMILES string of the molecule is Cc1cccc(NC(=O)Nc2c(F)cccc2Cl)c1. The van der Waals surface area contributed by atoms with E-state index >= 15 is 0 Å². The number of aryl methyl sites for hydroxylation is 1. The molecule has 0 radical (unpaired) electrons. The second-order valence-corrected chi connectivity index (χ2v) is 4.45. The van der Waals surface area contributed by atoms with Gasteiger partial charge in [-0.1, -0.05) is 29.8 Å². The van der Waals surface area contributed by atoms with Gasteiger partial charge in [-0.25, -0.2) is 9.18 Å². The van der Waals surface area contributed by atoms with Crippen LogP contribution in [0, 0.1) is 12.7 Å². The number of nitrogens with one attached hydrogen (secondary N) is 2. The van der Waals surface area contributed by atoms with Gasteiger partial charge in [0, 0.05) is 5.69 Å². The largest absolute Gasteiger partial charge is 0.323 e. The van der Waals surface area contributed by atoms with Crippen LogP contribution in [0.4, 0.5) is 20.6 Å². The first kappa shape index (κ1) is 13.4. The lowest BCUT2D eigenvalue weighted by Crippen LogP contribution is -2.20. The van der Waals surface area contributed by atoms with E-state index in [1.54, 1.807) is 6.07 Å². The third-order valence-corrected chi connectivity index (χ3v) is 2.79. The first-order valence-electron chi connectivity index (χ1n) is 5.65. The zero-order valence-corrected chi connectivity index (χ0v) is 11.0. The Bertz CT molecular complexity index is 596. The van der Waals surface area contributed by atoms with Crippen molar-refractivity contribution < 1.29 is 9.18 Å². The monoisotopic (exact) mass is 278 g/mol. The van der Waals surface area contributed by atoms with Gasteiger partial charge in [0.25, 0.3) is 0 Å². The predicted octanol–water partition coefficient (Wildman–Crippen LogP) is 4.43. The standard InChI is InChI=1S/C14H12ClFN2O/c1-9-4-2-5-10(8-9)17-14(19)18-13-11(15)6-3-7-12(13)16/h2-8H,1H3,(H2,17,18,19). The Labute approximate surface area is 115 Å². The second-order valence-electron chi connectivity index (χ2n) is 4.05. The van der Waals surface area contributed by atoms with Gasteiger partial charge < -0.3 is 10.6 Å². The molecule has 2 aromatic rings. The van der Waals surface area contributed by atoms with Crippen LogP contribution in [0.5, 0.6) is 0 Å². The summed E-state index contributed by atoms with van der Waals surface area (Å²) < 4.78 is 13.5. The van der Waals surface area contributed by atoms with Crippen LogP contribution in [0.25, 0.3) is 0 Å². The highest BCUT2D eigenvalue weighted by molar-refractivity contribution is 6.33. The number of amides is 2. The molecule has 3 nitrogen and oxygen atoms in total. The van der Waals surface area contributed by atoms with E-state index in [1.165, 1.54) is 18.2 Å².